The van der Waals surface area contributed by atoms with Crippen LogP contribution in [0.2, 0.25) is 0 Å². The van der Waals surface area contributed by atoms with Crippen molar-refractivity contribution in [1.29, 1.82) is 0 Å². The zero-order chi connectivity index (χ0) is 19.4. The molecule has 0 bridgehead atoms. The summed E-state index contributed by atoms with van der Waals surface area (Å²) < 4.78 is 31.9. The van der Waals surface area contributed by atoms with E-state index in [0.717, 1.165) is 12.1 Å². The fourth-order valence-corrected chi connectivity index (χ4v) is 2.35. The molecule has 0 aliphatic heterocycles. The minimum atomic E-state index is -0.789. The van der Waals surface area contributed by atoms with Crippen LogP contribution in [0, 0.1) is 18.6 Å². The number of aromatic nitrogens is 2. The summed E-state index contributed by atoms with van der Waals surface area (Å²) in [4.78, 5) is 20.7. The molecule has 0 saturated heterocycles. The molecule has 3 aromatic rings. The van der Waals surface area contributed by atoms with E-state index < -0.39 is 17.5 Å². The van der Waals surface area contributed by atoms with Crippen molar-refractivity contribution in [3.8, 4) is 5.75 Å². The van der Waals surface area contributed by atoms with Gasteiger partial charge in [-0.3, -0.25) is 4.79 Å². The largest absolute Gasteiger partial charge is 0.497 e. The number of nitrogens with one attached hydrogen (secondary N) is 2. The van der Waals surface area contributed by atoms with E-state index in [1.54, 1.807) is 31.2 Å². The molecule has 1 aromatic heterocycles. The molecule has 0 atom stereocenters. The van der Waals surface area contributed by atoms with E-state index in [1.165, 1.54) is 19.2 Å². The molecule has 27 heavy (non-hydrogen) atoms. The maximum absolute atomic E-state index is 13.8. The van der Waals surface area contributed by atoms with Gasteiger partial charge in [0, 0.05) is 23.5 Å². The van der Waals surface area contributed by atoms with E-state index in [-0.39, 0.29) is 17.3 Å². The fraction of sp³-hybridized carbons (Fsp3) is 0.105. The lowest BCUT2D eigenvalue weighted by atomic mass is 10.2. The van der Waals surface area contributed by atoms with Gasteiger partial charge < -0.3 is 15.4 Å². The number of aryl methyl sites for hydroxylation is 1. The number of carbonyl (C=O) groups is 1. The zero-order valence-electron chi connectivity index (χ0n) is 14.6. The molecule has 0 saturated carbocycles. The predicted octanol–water partition coefficient (Wildman–Crippen LogP) is 4.07. The number of nitrogens with zero attached hydrogens (tertiary/aromatic N) is 2. The number of anilines is 3. The summed E-state index contributed by atoms with van der Waals surface area (Å²) in [5.41, 5.74) is 1.14. The third-order valence-corrected chi connectivity index (χ3v) is 3.59. The smallest absolute Gasteiger partial charge is 0.274 e. The second-order valence-electron chi connectivity index (χ2n) is 5.65. The molecule has 0 spiro atoms. The highest BCUT2D eigenvalue weighted by Crippen LogP contribution is 2.20. The van der Waals surface area contributed by atoms with Gasteiger partial charge in [-0.25, -0.2) is 18.7 Å². The van der Waals surface area contributed by atoms with Gasteiger partial charge in [0.05, 0.1) is 12.8 Å². The van der Waals surface area contributed by atoms with Crippen molar-refractivity contribution in [2.75, 3.05) is 17.7 Å². The van der Waals surface area contributed by atoms with Crippen molar-refractivity contribution in [3.63, 3.8) is 0 Å². The number of methoxy groups -OCH3 is 1. The van der Waals surface area contributed by atoms with Crippen molar-refractivity contribution < 1.29 is 18.3 Å². The number of carbonyl (C=O) groups excluding carboxylic acids is 1. The second kappa shape index (κ2) is 7.77. The van der Waals surface area contributed by atoms with Gasteiger partial charge in [0.25, 0.3) is 5.91 Å². The third kappa shape index (κ3) is 4.55. The second-order valence-corrected chi connectivity index (χ2v) is 5.65. The van der Waals surface area contributed by atoms with E-state index in [4.69, 9.17) is 4.74 Å². The number of rotatable bonds is 5. The van der Waals surface area contributed by atoms with Crippen LogP contribution in [-0.4, -0.2) is 23.0 Å². The van der Waals surface area contributed by atoms with E-state index in [1.807, 2.05) is 0 Å². The van der Waals surface area contributed by atoms with Crippen LogP contribution in [0.15, 0.2) is 48.5 Å². The Kier molecular flexibility index (Phi) is 5.25. The normalized spacial score (nSPS) is 10.4. The van der Waals surface area contributed by atoms with Crippen LogP contribution < -0.4 is 15.4 Å². The molecule has 138 valence electrons. The Hall–Kier alpha value is -3.55. The van der Waals surface area contributed by atoms with Gasteiger partial charge >= 0.3 is 0 Å². The standard InChI is InChI=1S/C19H16F2N4O2/c1-11-8-17(18(26)23-13-4-3-5-14(10-13)27-2)25-19(22-11)24-16-7-6-12(20)9-15(16)21/h3-10H,1-2H3,(H,23,26)(H,22,24,25). The Morgan fingerprint density at radius 3 is 2.63 bits per heavy atom. The number of hydrogen-bond donors (Lipinski definition) is 2. The summed E-state index contributed by atoms with van der Waals surface area (Å²) in [6.07, 6.45) is 0. The molecule has 0 unspecified atom stereocenters. The maximum Gasteiger partial charge on any atom is 0.274 e. The van der Waals surface area contributed by atoms with Crippen molar-refractivity contribution in [2.24, 2.45) is 0 Å². The number of halogens is 2. The summed E-state index contributed by atoms with van der Waals surface area (Å²) in [7, 11) is 1.53. The SMILES string of the molecule is COc1cccc(NC(=O)c2cc(C)nc(Nc3ccc(F)cc3F)n2)c1. The van der Waals surface area contributed by atoms with Gasteiger partial charge in [0.15, 0.2) is 0 Å². The van der Waals surface area contributed by atoms with E-state index >= 15 is 0 Å². The Balaban J connectivity index is 1.82. The minimum Gasteiger partial charge on any atom is -0.497 e. The van der Waals surface area contributed by atoms with Crippen LogP contribution >= 0.6 is 0 Å². The van der Waals surface area contributed by atoms with Crippen LogP contribution in [-0.2, 0) is 0 Å². The predicted molar refractivity (Wildman–Crippen MR) is 97.4 cm³/mol. The fourth-order valence-electron chi connectivity index (χ4n) is 2.35. The molecular weight excluding hydrogens is 354 g/mol. The molecular formula is C19H16F2N4O2. The van der Waals surface area contributed by atoms with Crippen molar-refractivity contribution >= 4 is 23.2 Å². The van der Waals surface area contributed by atoms with Crippen LogP contribution in [0.25, 0.3) is 0 Å². The Morgan fingerprint density at radius 1 is 1.07 bits per heavy atom. The summed E-state index contributed by atoms with van der Waals surface area (Å²) >= 11 is 0. The molecule has 0 radical (unpaired) electrons. The molecule has 0 aliphatic carbocycles. The number of ether oxygens (including phenoxy) is 1. The maximum atomic E-state index is 13.8. The minimum absolute atomic E-state index is 0.00107. The van der Waals surface area contributed by atoms with E-state index in [9.17, 15) is 13.6 Å². The Bertz CT molecular complexity index is 995. The summed E-state index contributed by atoms with van der Waals surface area (Å²) in [5, 5.41) is 5.36. The quantitative estimate of drug-likeness (QED) is 0.708. The lowest BCUT2D eigenvalue weighted by Gasteiger charge is -2.10. The van der Waals surface area contributed by atoms with Crippen molar-refractivity contribution in [2.45, 2.75) is 6.92 Å². The summed E-state index contributed by atoms with van der Waals surface area (Å²) in [6, 6.07) is 11.5. The van der Waals surface area contributed by atoms with E-state index in [0.29, 0.717) is 17.1 Å². The molecule has 1 heterocycles. The van der Waals surface area contributed by atoms with Crippen LogP contribution in [0.3, 0.4) is 0 Å². The average Bonchev–Trinajstić information content (AvgIpc) is 2.64. The van der Waals surface area contributed by atoms with E-state index in [2.05, 4.69) is 20.6 Å². The van der Waals surface area contributed by atoms with Crippen LogP contribution in [0.4, 0.5) is 26.1 Å². The van der Waals surface area contributed by atoms with Gasteiger partial charge in [-0.1, -0.05) is 6.07 Å². The topological polar surface area (TPSA) is 76.1 Å². The molecule has 1 amide bonds. The monoisotopic (exact) mass is 370 g/mol. The highest BCUT2D eigenvalue weighted by atomic mass is 19.1. The molecule has 3 rings (SSSR count). The molecule has 6 nitrogen and oxygen atoms in total. The van der Waals surface area contributed by atoms with Gasteiger partial charge in [0.2, 0.25) is 5.95 Å². The van der Waals surface area contributed by atoms with Gasteiger partial charge in [-0.15, -0.1) is 0 Å². The third-order valence-electron chi connectivity index (χ3n) is 3.59. The number of benzene rings is 2. The summed E-state index contributed by atoms with van der Waals surface area (Å²) in [5.74, 6) is -1.32. The van der Waals surface area contributed by atoms with Crippen molar-refractivity contribution in [1.82, 2.24) is 9.97 Å². The molecule has 2 N–H and O–H groups in total. The average molecular weight is 370 g/mol. The lowest BCUT2D eigenvalue weighted by molar-refractivity contribution is 0.102. The van der Waals surface area contributed by atoms with Crippen LogP contribution in [0.1, 0.15) is 16.2 Å². The number of amides is 1. The molecule has 8 heteroatoms. The van der Waals surface area contributed by atoms with Gasteiger partial charge in [-0.2, -0.15) is 0 Å². The first-order chi connectivity index (χ1) is 12.9. The van der Waals surface area contributed by atoms with Crippen LogP contribution in [0.5, 0.6) is 5.75 Å². The van der Waals surface area contributed by atoms with Crippen molar-refractivity contribution in [3.05, 3.63) is 71.6 Å². The Labute approximate surface area is 154 Å². The Morgan fingerprint density at radius 2 is 1.89 bits per heavy atom. The zero-order valence-corrected chi connectivity index (χ0v) is 14.6. The first-order valence-corrected chi connectivity index (χ1v) is 7.98. The molecule has 0 aliphatic rings. The molecule has 0 fully saturated rings. The lowest BCUT2D eigenvalue weighted by Crippen LogP contribution is -2.15. The van der Waals surface area contributed by atoms with Gasteiger partial charge in [0.1, 0.15) is 23.1 Å². The first kappa shape index (κ1) is 18.2. The first-order valence-electron chi connectivity index (χ1n) is 7.98. The highest BCUT2D eigenvalue weighted by molar-refractivity contribution is 6.03. The number of hydrogen-bond acceptors (Lipinski definition) is 5. The summed E-state index contributed by atoms with van der Waals surface area (Å²) in [6.45, 7) is 1.68. The molecule has 2 aromatic carbocycles. The van der Waals surface area contributed by atoms with Gasteiger partial charge in [-0.05, 0) is 37.3 Å². The highest BCUT2D eigenvalue weighted by Gasteiger charge is 2.13.